The number of nitrogens with one attached hydrogen (secondary N) is 1. The van der Waals surface area contributed by atoms with Crippen LogP contribution in [0.2, 0.25) is 0 Å². The SMILES string of the molecule is CCC(CC)(NC(=O)c1csc(C(C)N)n1)C(=O)O. The monoisotopic (exact) mass is 285 g/mol. The first-order valence-corrected chi connectivity index (χ1v) is 7.01. The number of rotatable bonds is 6. The predicted octanol–water partition coefficient (Wildman–Crippen LogP) is 1.54. The van der Waals surface area contributed by atoms with Crippen LogP contribution in [0.4, 0.5) is 0 Å². The lowest BCUT2D eigenvalue weighted by Gasteiger charge is -2.27. The molecule has 0 spiro atoms. The maximum Gasteiger partial charge on any atom is 0.329 e. The van der Waals surface area contributed by atoms with Crippen molar-refractivity contribution in [2.45, 2.75) is 45.2 Å². The van der Waals surface area contributed by atoms with Gasteiger partial charge in [0.05, 0.1) is 6.04 Å². The lowest BCUT2D eigenvalue weighted by atomic mass is 9.93. The van der Waals surface area contributed by atoms with Gasteiger partial charge in [-0.1, -0.05) is 13.8 Å². The van der Waals surface area contributed by atoms with E-state index < -0.39 is 17.4 Å². The van der Waals surface area contributed by atoms with Gasteiger partial charge < -0.3 is 16.2 Å². The van der Waals surface area contributed by atoms with Gasteiger partial charge in [-0.25, -0.2) is 9.78 Å². The minimum absolute atomic E-state index is 0.213. The van der Waals surface area contributed by atoms with Crippen LogP contribution in [-0.4, -0.2) is 27.5 Å². The fraction of sp³-hybridized carbons (Fsp3) is 0.583. The van der Waals surface area contributed by atoms with Crippen LogP contribution in [0, 0.1) is 0 Å². The minimum Gasteiger partial charge on any atom is -0.480 e. The van der Waals surface area contributed by atoms with E-state index in [1.165, 1.54) is 11.3 Å². The van der Waals surface area contributed by atoms with Crippen LogP contribution in [-0.2, 0) is 4.79 Å². The number of amides is 1. The van der Waals surface area contributed by atoms with Crippen LogP contribution in [0.15, 0.2) is 5.38 Å². The highest BCUT2D eigenvalue weighted by Crippen LogP contribution is 2.19. The van der Waals surface area contributed by atoms with Gasteiger partial charge >= 0.3 is 5.97 Å². The van der Waals surface area contributed by atoms with Gasteiger partial charge in [0.2, 0.25) is 0 Å². The van der Waals surface area contributed by atoms with E-state index in [0.717, 1.165) is 0 Å². The lowest BCUT2D eigenvalue weighted by molar-refractivity contribution is -0.144. The summed E-state index contributed by atoms with van der Waals surface area (Å²) >= 11 is 1.29. The van der Waals surface area contributed by atoms with Crippen molar-refractivity contribution >= 4 is 23.2 Å². The van der Waals surface area contributed by atoms with Crippen LogP contribution in [0.25, 0.3) is 0 Å². The Morgan fingerprint density at radius 3 is 2.47 bits per heavy atom. The number of hydrogen-bond donors (Lipinski definition) is 3. The summed E-state index contributed by atoms with van der Waals surface area (Å²) in [5, 5.41) is 14.1. The van der Waals surface area contributed by atoms with Gasteiger partial charge in [-0.15, -0.1) is 11.3 Å². The topological polar surface area (TPSA) is 105 Å². The Kier molecular flexibility index (Phi) is 5.02. The molecule has 1 rings (SSSR count). The summed E-state index contributed by atoms with van der Waals surface area (Å²) in [6.07, 6.45) is 0.629. The van der Waals surface area contributed by atoms with E-state index in [-0.39, 0.29) is 11.7 Å². The molecule has 6 nitrogen and oxygen atoms in total. The van der Waals surface area contributed by atoms with Gasteiger partial charge in [-0.3, -0.25) is 4.79 Å². The second kappa shape index (κ2) is 6.12. The van der Waals surface area contributed by atoms with Gasteiger partial charge in [0.1, 0.15) is 16.2 Å². The number of thiazole rings is 1. The molecule has 1 atom stereocenters. The summed E-state index contributed by atoms with van der Waals surface area (Å²) in [7, 11) is 0. The van der Waals surface area contributed by atoms with E-state index in [0.29, 0.717) is 17.8 Å². The van der Waals surface area contributed by atoms with Crippen molar-refractivity contribution in [1.29, 1.82) is 0 Å². The Hall–Kier alpha value is -1.47. The highest BCUT2D eigenvalue weighted by Gasteiger charge is 2.37. The first-order valence-electron chi connectivity index (χ1n) is 6.13. The van der Waals surface area contributed by atoms with Gasteiger partial charge in [0.25, 0.3) is 5.91 Å². The molecule has 0 saturated carbocycles. The number of nitrogens with zero attached hydrogens (tertiary/aromatic N) is 1. The molecule has 1 heterocycles. The molecule has 19 heavy (non-hydrogen) atoms. The van der Waals surface area contributed by atoms with Crippen molar-refractivity contribution in [2.24, 2.45) is 5.73 Å². The van der Waals surface area contributed by atoms with Crippen LogP contribution in [0.3, 0.4) is 0 Å². The molecule has 0 saturated heterocycles. The quantitative estimate of drug-likeness (QED) is 0.735. The molecule has 0 aliphatic rings. The Labute approximate surface area is 116 Å². The Balaban J connectivity index is 2.91. The third-order valence-corrected chi connectivity index (χ3v) is 4.16. The van der Waals surface area contributed by atoms with Crippen molar-refractivity contribution < 1.29 is 14.7 Å². The summed E-state index contributed by atoms with van der Waals surface area (Å²) in [6.45, 7) is 5.23. The van der Waals surface area contributed by atoms with Crippen molar-refractivity contribution in [3.63, 3.8) is 0 Å². The van der Waals surface area contributed by atoms with Crippen LogP contribution < -0.4 is 11.1 Å². The smallest absolute Gasteiger partial charge is 0.329 e. The number of carbonyl (C=O) groups is 2. The second-order valence-electron chi connectivity index (χ2n) is 4.41. The average Bonchev–Trinajstić information content (AvgIpc) is 2.85. The number of hydrogen-bond acceptors (Lipinski definition) is 5. The van der Waals surface area contributed by atoms with E-state index >= 15 is 0 Å². The van der Waals surface area contributed by atoms with Gasteiger partial charge in [0, 0.05) is 5.38 Å². The molecule has 1 aromatic rings. The van der Waals surface area contributed by atoms with Gasteiger partial charge in [-0.05, 0) is 19.8 Å². The zero-order valence-corrected chi connectivity index (χ0v) is 12.1. The third-order valence-electron chi connectivity index (χ3n) is 3.11. The first kappa shape index (κ1) is 15.6. The number of carbonyl (C=O) groups excluding carboxylic acids is 1. The molecule has 0 aliphatic carbocycles. The standard InChI is InChI=1S/C12H19N3O3S/c1-4-12(5-2,11(17)18)15-9(16)8-6-19-10(14-8)7(3)13/h6-7H,4-5,13H2,1-3H3,(H,15,16)(H,17,18). The summed E-state index contributed by atoms with van der Waals surface area (Å²) in [6, 6.07) is -0.242. The van der Waals surface area contributed by atoms with E-state index in [2.05, 4.69) is 10.3 Å². The maximum absolute atomic E-state index is 12.0. The maximum atomic E-state index is 12.0. The number of carboxylic acid groups (broad SMARTS) is 1. The molecule has 106 valence electrons. The highest BCUT2D eigenvalue weighted by molar-refractivity contribution is 7.09. The van der Waals surface area contributed by atoms with E-state index in [1.54, 1.807) is 26.2 Å². The van der Waals surface area contributed by atoms with Gasteiger partial charge in [-0.2, -0.15) is 0 Å². The molecule has 0 aromatic carbocycles. The van der Waals surface area contributed by atoms with Crippen molar-refractivity contribution in [3.8, 4) is 0 Å². The van der Waals surface area contributed by atoms with E-state index in [1.807, 2.05) is 0 Å². The summed E-state index contributed by atoms with van der Waals surface area (Å²) in [5.74, 6) is -1.51. The van der Waals surface area contributed by atoms with Crippen LogP contribution in [0.5, 0.6) is 0 Å². The molecule has 0 fully saturated rings. The molecule has 7 heteroatoms. The third kappa shape index (κ3) is 3.30. The Morgan fingerprint density at radius 2 is 2.11 bits per heavy atom. The molecule has 1 amide bonds. The van der Waals surface area contributed by atoms with Crippen molar-refractivity contribution in [1.82, 2.24) is 10.3 Å². The summed E-state index contributed by atoms with van der Waals surface area (Å²) in [4.78, 5) is 27.5. The van der Waals surface area contributed by atoms with E-state index in [4.69, 9.17) is 5.73 Å². The zero-order valence-electron chi connectivity index (χ0n) is 11.3. The minimum atomic E-state index is -1.24. The van der Waals surface area contributed by atoms with Crippen LogP contribution in [0.1, 0.15) is 55.2 Å². The van der Waals surface area contributed by atoms with Crippen LogP contribution >= 0.6 is 11.3 Å². The van der Waals surface area contributed by atoms with Crippen molar-refractivity contribution in [3.05, 3.63) is 16.1 Å². The molecule has 4 N–H and O–H groups in total. The van der Waals surface area contributed by atoms with E-state index in [9.17, 15) is 14.7 Å². The lowest BCUT2D eigenvalue weighted by Crippen LogP contribution is -2.53. The fourth-order valence-electron chi connectivity index (χ4n) is 1.67. The fourth-order valence-corrected chi connectivity index (χ4v) is 2.42. The molecule has 1 unspecified atom stereocenters. The number of aromatic nitrogens is 1. The number of nitrogens with two attached hydrogens (primary N) is 1. The largest absolute Gasteiger partial charge is 0.480 e. The molecule has 0 radical (unpaired) electrons. The highest BCUT2D eigenvalue weighted by atomic mass is 32.1. The molecular weight excluding hydrogens is 266 g/mol. The summed E-state index contributed by atoms with van der Waals surface area (Å²) < 4.78 is 0. The normalized spacial score (nSPS) is 13.1. The number of aliphatic carboxylic acids is 1. The van der Waals surface area contributed by atoms with Gasteiger partial charge in [0.15, 0.2) is 0 Å². The molecule has 1 aromatic heterocycles. The Bertz CT molecular complexity index is 467. The Morgan fingerprint density at radius 1 is 1.53 bits per heavy atom. The molecular formula is C12H19N3O3S. The number of carboxylic acids is 1. The first-order chi connectivity index (χ1) is 8.86. The van der Waals surface area contributed by atoms with Crippen molar-refractivity contribution in [2.75, 3.05) is 0 Å². The second-order valence-corrected chi connectivity index (χ2v) is 5.30. The predicted molar refractivity (Wildman–Crippen MR) is 73.1 cm³/mol. The summed E-state index contributed by atoms with van der Waals surface area (Å²) in [5.41, 5.74) is 4.65. The zero-order chi connectivity index (χ0) is 14.6. The molecule has 0 aliphatic heterocycles. The average molecular weight is 285 g/mol. The molecule has 0 bridgehead atoms.